The van der Waals surface area contributed by atoms with E-state index >= 15 is 0 Å². The van der Waals surface area contributed by atoms with Gasteiger partial charge < -0.3 is 14.2 Å². The number of ether oxygens (including phenoxy) is 3. The first kappa shape index (κ1) is 19.0. The Balaban J connectivity index is 2.05. The SMILES string of the molecule is COc1cc(OC)c(C2OC(c3ccccc3I)=NN2C(C)=O)cc1Br. The molecule has 0 bridgehead atoms. The van der Waals surface area contributed by atoms with Crippen LogP contribution in [0.5, 0.6) is 11.5 Å². The van der Waals surface area contributed by atoms with Gasteiger partial charge in [-0.15, -0.1) is 5.10 Å². The molecule has 0 aromatic heterocycles. The molecular weight excluding hydrogens is 515 g/mol. The van der Waals surface area contributed by atoms with E-state index in [1.807, 2.05) is 30.3 Å². The minimum Gasteiger partial charge on any atom is -0.496 e. The van der Waals surface area contributed by atoms with Crippen LogP contribution in [0.2, 0.25) is 0 Å². The lowest BCUT2D eigenvalue weighted by Crippen LogP contribution is -2.25. The molecule has 136 valence electrons. The topological polar surface area (TPSA) is 60.4 Å². The number of methoxy groups -OCH3 is 2. The predicted molar refractivity (Wildman–Crippen MR) is 109 cm³/mol. The number of nitrogens with zero attached hydrogens (tertiary/aromatic N) is 2. The zero-order chi connectivity index (χ0) is 18.8. The summed E-state index contributed by atoms with van der Waals surface area (Å²) in [6.45, 7) is 1.45. The molecule has 0 aliphatic carbocycles. The summed E-state index contributed by atoms with van der Waals surface area (Å²) in [4.78, 5) is 12.2. The van der Waals surface area contributed by atoms with Gasteiger partial charge in [-0.25, -0.2) is 0 Å². The molecule has 0 spiro atoms. The van der Waals surface area contributed by atoms with Crippen LogP contribution < -0.4 is 9.47 Å². The molecule has 1 unspecified atom stereocenters. The third-order valence-electron chi connectivity index (χ3n) is 3.84. The predicted octanol–water partition coefficient (Wildman–Crippen LogP) is 4.31. The van der Waals surface area contributed by atoms with Crippen LogP contribution in [0.25, 0.3) is 0 Å². The van der Waals surface area contributed by atoms with Crippen LogP contribution in [0.3, 0.4) is 0 Å². The molecule has 8 heteroatoms. The monoisotopic (exact) mass is 530 g/mol. The van der Waals surface area contributed by atoms with Crippen molar-refractivity contribution in [2.75, 3.05) is 14.2 Å². The van der Waals surface area contributed by atoms with E-state index in [1.54, 1.807) is 20.3 Å². The van der Waals surface area contributed by atoms with Gasteiger partial charge >= 0.3 is 0 Å². The number of halogens is 2. The van der Waals surface area contributed by atoms with E-state index in [4.69, 9.17) is 14.2 Å². The molecule has 1 amide bonds. The maximum Gasteiger partial charge on any atom is 0.243 e. The second-order valence-corrected chi connectivity index (χ2v) is 7.46. The van der Waals surface area contributed by atoms with Crippen LogP contribution in [-0.2, 0) is 9.53 Å². The fourth-order valence-electron chi connectivity index (χ4n) is 2.59. The third-order valence-corrected chi connectivity index (χ3v) is 5.40. The molecule has 0 N–H and O–H groups in total. The van der Waals surface area contributed by atoms with Gasteiger partial charge in [0.05, 0.1) is 29.8 Å². The van der Waals surface area contributed by atoms with E-state index in [0.717, 1.165) is 13.6 Å². The highest BCUT2D eigenvalue weighted by Crippen LogP contribution is 2.41. The van der Waals surface area contributed by atoms with Gasteiger partial charge in [-0.05, 0) is 56.7 Å². The molecule has 6 nitrogen and oxygen atoms in total. The first-order valence-corrected chi connectivity index (χ1v) is 9.54. The van der Waals surface area contributed by atoms with Crippen LogP contribution in [-0.4, -0.2) is 31.0 Å². The van der Waals surface area contributed by atoms with Crippen molar-refractivity contribution in [2.24, 2.45) is 5.10 Å². The van der Waals surface area contributed by atoms with Crippen LogP contribution in [0.1, 0.15) is 24.3 Å². The van der Waals surface area contributed by atoms with Crippen LogP contribution in [0, 0.1) is 3.57 Å². The average molecular weight is 531 g/mol. The lowest BCUT2D eigenvalue weighted by Gasteiger charge is -2.22. The number of carbonyl (C=O) groups is 1. The number of carbonyl (C=O) groups excluding carboxylic acids is 1. The standard InChI is InChI=1S/C18H16BrIN2O4/c1-10(23)22-18(12-8-13(19)16(25-3)9-15(12)24-2)26-17(21-22)11-6-4-5-7-14(11)20/h4-9,18H,1-3H3. The maximum absolute atomic E-state index is 12.2. The van der Waals surface area contributed by atoms with Gasteiger partial charge in [-0.2, -0.15) is 5.01 Å². The molecular formula is C18H16BrIN2O4. The molecule has 1 heterocycles. The Labute approximate surface area is 173 Å². The smallest absolute Gasteiger partial charge is 0.243 e. The largest absolute Gasteiger partial charge is 0.496 e. The highest BCUT2D eigenvalue weighted by molar-refractivity contribution is 14.1. The van der Waals surface area contributed by atoms with Gasteiger partial charge in [0, 0.05) is 16.6 Å². The molecule has 1 aliphatic heterocycles. The second-order valence-electron chi connectivity index (χ2n) is 5.45. The molecule has 2 aromatic rings. The van der Waals surface area contributed by atoms with E-state index in [1.165, 1.54) is 11.9 Å². The fraction of sp³-hybridized carbons (Fsp3) is 0.222. The van der Waals surface area contributed by atoms with Crippen molar-refractivity contribution in [2.45, 2.75) is 13.2 Å². The molecule has 2 aromatic carbocycles. The van der Waals surface area contributed by atoms with Gasteiger partial charge in [0.25, 0.3) is 0 Å². The van der Waals surface area contributed by atoms with E-state index in [9.17, 15) is 4.79 Å². The van der Waals surface area contributed by atoms with Crippen molar-refractivity contribution in [3.05, 3.63) is 55.6 Å². The highest BCUT2D eigenvalue weighted by Gasteiger charge is 2.36. The summed E-state index contributed by atoms with van der Waals surface area (Å²) < 4.78 is 18.6. The minimum atomic E-state index is -0.726. The number of benzene rings is 2. The molecule has 1 atom stereocenters. The van der Waals surface area contributed by atoms with Gasteiger partial charge in [0.2, 0.25) is 18.0 Å². The zero-order valence-corrected chi connectivity index (χ0v) is 18.1. The van der Waals surface area contributed by atoms with Gasteiger partial charge in [-0.1, -0.05) is 12.1 Å². The lowest BCUT2D eigenvalue weighted by molar-refractivity contribution is -0.135. The maximum atomic E-state index is 12.2. The van der Waals surface area contributed by atoms with E-state index in [2.05, 4.69) is 43.6 Å². The number of hydrazone groups is 1. The Bertz CT molecular complexity index is 887. The number of hydrogen-bond donors (Lipinski definition) is 0. The third kappa shape index (κ3) is 3.52. The molecule has 26 heavy (non-hydrogen) atoms. The number of amides is 1. The summed E-state index contributed by atoms with van der Waals surface area (Å²) in [6.07, 6.45) is -0.726. The Morgan fingerprint density at radius 3 is 2.54 bits per heavy atom. The van der Waals surface area contributed by atoms with Crippen LogP contribution in [0.15, 0.2) is 46.0 Å². The Hall–Kier alpha value is -1.81. The average Bonchev–Trinajstić information content (AvgIpc) is 3.07. The lowest BCUT2D eigenvalue weighted by atomic mass is 10.1. The van der Waals surface area contributed by atoms with Crippen molar-refractivity contribution < 1.29 is 19.0 Å². The molecule has 3 rings (SSSR count). The molecule has 0 saturated heterocycles. The summed E-state index contributed by atoms with van der Waals surface area (Å²) in [6, 6.07) is 11.3. The van der Waals surface area contributed by atoms with Crippen molar-refractivity contribution in [1.82, 2.24) is 5.01 Å². The quantitative estimate of drug-likeness (QED) is 0.553. The Kier molecular flexibility index (Phi) is 5.71. The van der Waals surface area contributed by atoms with Gasteiger partial charge in [-0.3, -0.25) is 4.79 Å². The van der Waals surface area contributed by atoms with Crippen molar-refractivity contribution in [3.63, 3.8) is 0 Å². The van der Waals surface area contributed by atoms with Crippen molar-refractivity contribution >= 4 is 50.3 Å². The highest BCUT2D eigenvalue weighted by atomic mass is 127. The van der Waals surface area contributed by atoms with Gasteiger partial charge in [0.15, 0.2) is 0 Å². The van der Waals surface area contributed by atoms with Crippen molar-refractivity contribution in [3.8, 4) is 11.5 Å². The number of rotatable bonds is 4. The minimum absolute atomic E-state index is 0.232. The normalized spacial score (nSPS) is 16.1. The summed E-state index contributed by atoms with van der Waals surface area (Å²) in [5.74, 6) is 1.33. The zero-order valence-electron chi connectivity index (χ0n) is 14.3. The first-order chi connectivity index (χ1) is 12.5. The Morgan fingerprint density at radius 1 is 1.23 bits per heavy atom. The summed E-state index contributed by atoms with van der Waals surface area (Å²) in [7, 11) is 3.13. The summed E-state index contributed by atoms with van der Waals surface area (Å²) >= 11 is 5.68. The van der Waals surface area contributed by atoms with E-state index < -0.39 is 6.23 Å². The summed E-state index contributed by atoms with van der Waals surface area (Å²) in [5.41, 5.74) is 1.49. The van der Waals surface area contributed by atoms with Gasteiger partial charge in [0.1, 0.15) is 11.5 Å². The van der Waals surface area contributed by atoms with Crippen LogP contribution >= 0.6 is 38.5 Å². The molecule has 0 fully saturated rings. The molecule has 0 radical (unpaired) electrons. The Morgan fingerprint density at radius 2 is 1.92 bits per heavy atom. The van der Waals surface area contributed by atoms with Crippen LogP contribution in [0.4, 0.5) is 0 Å². The summed E-state index contributed by atoms with van der Waals surface area (Å²) in [5, 5.41) is 5.71. The van der Waals surface area contributed by atoms with E-state index in [-0.39, 0.29) is 5.91 Å². The fourth-order valence-corrected chi connectivity index (χ4v) is 3.73. The second kappa shape index (κ2) is 7.83. The number of hydrogen-bond acceptors (Lipinski definition) is 5. The van der Waals surface area contributed by atoms with Crippen molar-refractivity contribution in [1.29, 1.82) is 0 Å². The first-order valence-electron chi connectivity index (χ1n) is 7.67. The molecule has 0 saturated carbocycles. The van der Waals surface area contributed by atoms with E-state index in [0.29, 0.717) is 23.0 Å². The molecule has 1 aliphatic rings.